The lowest BCUT2D eigenvalue weighted by molar-refractivity contribution is -0.111. The van der Waals surface area contributed by atoms with Gasteiger partial charge in [-0.1, -0.05) is 204 Å². The van der Waals surface area contributed by atoms with Gasteiger partial charge in [-0.25, -0.2) is 0 Å². The highest BCUT2D eigenvalue weighted by Crippen LogP contribution is 2.19. The van der Waals surface area contributed by atoms with E-state index in [-0.39, 0.29) is 5.92 Å². The first-order valence-electron chi connectivity index (χ1n) is 20.9. The fourth-order valence-corrected chi connectivity index (χ4v) is 6.41. The summed E-state index contributed by atoms with van der Waals surface area (Å²) in [4.78, 5) is 11.6. The summed E-state index contributed by atoms with van der Waals surface area (Å²) in [6.45, 7) is 6.77. The second-order valence-corrected chi connectivity index (χ2v) is 14.2. The standard InChI is InChI=1S/C45H82O/c1-4-7-10-13-16-18-20-21-22-24-25-29-34-39-44(38-33-28-15-12-9-6-3)40-35-31-27-32-37-42-45(43-46)41-36-30-26-23-19-17-14-11-8-5-2/h8,11,14,17,34,39-40,43,45H,4-7,9-10,12-13,15-16,18-33,35-38,41-42H2,1-3H3/b11-8+,17-14-,39-34-,44-40-. The largest absolute Gasteiger partial charge is 0.303 e. The third kappa shape index (κ3) is 35.5. The summed E-state index contributed by atoms with van der Waals surface area (Å²) in [7, 11) is 0. The van der Waals surface area contributed by atoms with Crippen molar-refractivity contribution in [2.24, 2.45) is 5.92 Å². The van der Waals surface area contributed by atoms with Gasteiger partial charge in [0, 0.05) is 5.92 Å². The zero-order chi connectivity index (χ0) is 33.4. The Kier molecular flexibility index (Phi) is 38.6. The predicted molar refractivity (Wildman–Crippen MR) is 210 cm³/mol. The van der Waals surface area contributed by atoms with Crippen LogP contribution in [0.5, 0.6) is 0 Å². The minimum absolute atomic E-state index is 0.286. The van der Waals surface area contributed by atoms with Gasteiger partial charge in [0.15, 0.2) is 0 Å². The SMILES string of the molecule is CC/C=C/C=C\CCCCCCC(C=O)CCCCCC/C=C(\C=C/CCCCCCCCCCCCC)CCCCCCCC. The number of hydrogen-bond acceptors (Lipinski definition) is 1. The molecule has 0 saturated heterocycles. The van der Waals surface area contributed by atoms with Crippen molar-refractivity contribution in [3.63, 3.8) is 0 Å². The smallest absolute Gasteiger partial charge is 0.123 e. The summed E-state index contributed by atoms with van der Waals surface area (Å²) < 4.78 is 0. The Morgan fingerprint density at radius 3 is 1.41 bits per heavy atom. The molecule has 0 radical (unpaired) electrons. The molecule has 46 heavy (non-hydrogen) atoms. The van der Waals surface area contributed by atoms with Crippen LogP contribution in [0.4, 0.5) is 0 Å². The summed E-state index contributed by atoms with van der Waals surface area (Å²) in [6, 6.07) is 0. The molecule has 1 heteroatoms. The van der Waals surface area contributed by atoms with Crippen LogP contribution in [0.1, 0.15) is 226 Å². The lowest BCUT2D eigenvalue weighted by Crippen LogP contribution is -2.02. The van der Waals surface area contributed by atoms with Crippen molar-refractivity contribution in [2.45, 2.75) is 226 Å². The van der Waals surface area contributed by atoms with Gasteiger partial charge in [0.25, 0.3) is 0 Å². The van der Waals surface area contributed by atoms with Crippen LogP contribution >= 0.6 is 0 Å². The first kappa shape index (κ1) is 44.6. The van der Waals surface area contributed by atoms with Crippen LogP contribution in [0.3, 0.4) is 0 Å². The summed E-state index contributed by atoms with van der Waals surface area (Å²) in [5, 5.41) is 0. The van der Waals surface area contributed by atoms with E-state index in [0.717, 1.165) is 19.3 Å². The molecule has 0 bridgehead atoms. The molecule has 1 unspecified atom stereocenters. The Bertz CT molecular complexity index is 711. The van der Waals surface area contributed by atoms with Crippen molar-refractivity contribution >= 4 is 6.29 Å². The van der Waals surface area contributed by atoms with Crippen molar-refractivity contribution in [3.8, 4) is 0 Å². The number of aldehydes is 1. The third-order valence-electron chi connectivity index (χ3n) is 9.57. The van der Waals surface area contributed by atoms with Crippen molar-refractivity contribution in [2.75, 3.05) is 0 Å². The van der Waals surface area contributed by atoms with E-state index in [1.54, 1.807) is 5.57 Å². The molecule has 0 aliphatic carbocycles. The van der Waals surface area contributed by atoms with E-state index < -0.39 is 0 Å². The summed E-state index contributed by atoms with van der Waals surface area (Å²) in [6.07, 6.45) is 59.8. The van der Waals surface area contributed by atoms with Crippen molar-refractivity contribution in [1.29, 1.82) is 0 Å². The minimum Gasteiger partial charge on any atom is -0.303 e. The topological polar surface area (TPSA) is 17.1 Å². The Morgan fingerprint density at radius 1 is 0.457 bits per heavy atom. The first-order valence-corrected chi connectivity index (χ1v) is 20.9. The van der Waals surface area contributed by atoms with Crippen LogP contribution in [0.15, 0.2) is 48.1 Å². The van der Waals surface area contributed by atoms with E-state index >= 15 is 0 Å². The molecule has 1 atom stereocenters. The summed E-state index contributed by atoms with van der Waals surface area (Å²) in [5.74, 6) is 0.286. The van der Waals surface area contributed by atoms with Gasteiger partial charge in [-0.2, -0.15) is 0 Å². The van der Waals surface area contributed by atoms with Gasteiger partial charge in [0.2, 0.25) is 0 Å². The molecule has 0 aliphatic heterocycles. The van der Waals surface area contributed by atoms with E-state index in [1.807, 2.05) is 0 Å². The van der Waals surface area contributed by atoms with Crippen LogP contribution in [0.25, 0.3) is 0 Å². The first-order chi connectivity index (χ1) is 22.8. The molecule has 0 saturated carbocycles. The molecule has 0 aromatic carbocycles. The van der Waals surface area contributed by atoms with Crippen molar-refractivity contribution in [1.82, 2.24) is 0 Å². The Labute approximate surface area is 290 Å². The van der Waals surface area contributed by atoms with E-state index in [4.69, 9.17) is 0 Å². The molecule has 0 heterocycles. The zero-order valence-electron chi connectivity index (χ0n) is 31.7. The highest BCUT2D eigenvalue weighted by atomic mass is 16.1. The van der Waals surface area contributed by atoms with Crippen LogP contribution in [0, 0.1) is 5.92 Å². The van der Waals surface area contributed by atoms with Gasteiger partial charge in [0.05, 0.1) is 0 Å². The monoisotopic (exact) mass is 639 g/mol. The molecule has 268 valence electrons. The average molecular weight is 639 g/mol. The number of rotatable bonds is 37. The van der Waals surface area contributed by atoms with Crippen LogP contribution in [-0.4, -0.2) is 6.29 Å². The number of carbonyl (C=O) groups excluding carboxylic acids is 1. The molecule has 0 aromatic rings. The Hall–Kier alpha value is -1.37. The maximum Gasteiger partial charge on any atom is 0.123 e. The van der Waals surface area contributed by atoms with Crippen LogP contribution in [0.2, 0.25) is 0 Å². The second kappa shape index (κ2) is 39.8. The van der Waals surface area contributed by atoms with Gasteiger partial charge >= 0.3 is 0 Å². The van der Waals surface area contributed by atoms with E-state index in [9.17, 15) is 4.79 Å². The van der Waals surface area contributed by atoms with Gasteiger partial charge in [-0.15, -0.1) is 0 Å². The van der Waals surface area contributed by atoms with Gasteiger partial charge in [-0.3, -0.25) is 0 Å². The van der Waals surface area contributed by atoms with E-state index in [2.05, 4.69) is 63.3 Å². The molecular formula is C45H82O. The second-order valence-electron chi connectivity index (χ2n) is 14.2. The summed E-state index contributed by atoms with van der Waals surface area (Å²) >= 11 is 0. The van der Waals surface area contributed by atoms with Crippen molar-refractivity contribution < 1.29 is 4.79 Å². The van der Waals surface area contributed by atoms with Crippen LogP contribution < -0.4 is 0 Å². The molecule has 0 rings (SSSR count). The number of unbranched alkanes of at least 4 members (excludes halogenated alkanes) is 24. The van der Waals surface area contributed by atoms with E-state index in [1.165, 1.54) is 192 Å². The molecule has 1 nitrogen and oxygen atoms in total. The molecular weight excluding hydrogens is 556 g/mol. The van der Waals surface area contributed by atoms with Crippen LogP contribution in [-0.2, 0) is 4.79 Å². The highest BCUT2D eigenvalue weighted by molar-refractivity contribution is 5.53. The van der Waals surface area contributed by atoms with E-state index in [0.29, 0.717) is 0 Å². The zero-order valence-corrected chi connectivity index (χ0v) is 31.7. The molecule has 0 N–H and O–H groups in total. The maximum absolute atomic E-state index is 11.6. The number of hydrogen-bond donors (Lipinski definition) is 0. The van der Waals surface area contributed by atoms with Gasteiger partial charge in [0.1, 0.15) is 6.29 Å². The molecule has 0 fully saturated rings. The predicted octanol–water partition coefficient (Wildman–Crippen LogP) is 15.9. The fourth-order valence-electron chi connectivity index (χ4n) is 6.41. The quantitative estimate of drug-likeness (QED) is 0.0376. The lowest BCUT2D eigenvalue weighted by Gasteiger charge is -2.10. The van der Waals surface area contributed by atoms with Gasteiger partial charge in [-0.05, 0) is 70.6 Å². The maximum atomic E-state index is 11.6. The minimum atomic E-state index is 0.286. The number of allylic oxidation sites excluding steroid dienone is 8. The fraction of sp³-hybridized carbons (Fsp3) is 0.800. The lowest BCUT2D eigenvalue weighted by atomic mass is 9.95. The molecule has 0 amide bonds. The molecule has 0 aromatic heterocycles. The summed E-state index contributed by atoms with van der Waals surface area (Å²) in [5.41, 5.74) is 1.59. The molecule has 0 spiro atoms. The third-order valence-corrected chi connectivity index (χ3v) is 9.57. The van der Waals surface area contributed by atoms with Gasteiger partial charge < -0.3 is 4.79 Å². The normalized spacial score (nSPS) is 13.2. The average Bonchev–Trinajstić information content (AvgIpc) is 3.07. The van der Waals surface area contributed by atoms with Crippen molar-refractivity contribution in [3.05, 3.63) is 48.1 Å². The Balaban J connectivity index is 4.12. The highest BCUT2D eigenvalue weighted by Gasteiger charge is 2.06. The number of carbonyl (C=O) groups is 1. The Morgan fingerprint density at radius 2 is 0.891 bits per heavy atom. The molecule has 0 aliphatic rings.